The van der Waals surface area contributed by atoms with Crippen molar-refractivity contribution in [3.8, 4) is 0 Å². The summed E-state index contributed by atoms with van der Waals surface area (Å²) in [5.41, 5.74) is 0.894. The number of carbonyl (C=O) groups excluding carboxylic acids is 1. The van der Waals surface area contributed by atoms with Crippen molar-refractivity contribution in [1.29, 1.82) is 0 Å². The summed E-state index contributed by atoms with van der Waals surface area (Å²) < 4.78 is 23.7. The zero-order valence-electron chi connectivity index (χ0n) is 11.9. The molecule has 2 atom stereocenters. The van der Waals surface area contributed by atoms with Gasteiger partial charge in [0.05, 0.1) is 17.5 Å². The number of carbonyl (C=O) groups is 1. The first-order chi connectivity index (χ1) is 10.4. The van der Waals surface area contributed by atoms with Gasteiger partial charge in [0.25, 0.3) is 0 Å². The van der Waals surface area contributed by atoms with Crippen molar-refractivity contribution in [3.05, 3.63) is 34.9 Å². The largest absolute Gasteiger partial charge is 0.342 e. The first-order valence-electron chi connectivity index (χ1n) is 6.82. The van der Waals surface area contributed by atoms with Crippen molar-refractivity contribution in [2.45, 2.75) is 24.8 Å². The monoisotopic (exact) mass is 358 g/mol. The lowest BCUT2D eigenvalue weighted by Gasteiger charge is -2.24. The summed E-state index contributed by atoms with van der Waals surface area (Å²) in [7, 11) is -3.03. The van der Waals surface area contributed by atoms with Crippen LogP contribution in [-0.4, -0.2) is 47.2 Å². The van der Waals surface area contributed by atoms with Crippen molar-refractivity contribution in [1.82, 2.24) is 4.90 Å². The van der Waals surface area contributed by atoms with Gasteiger partial charge in [0, 0.05) is 23.7 Å². The average Bonchev–Trinajstić information content (AvgIpc) is 2.85. The Hall–Kier alpha value is -1.05. The molecule has 2 saturated heterocycles. The zero-order chi connectivity index (χ0) is 15.9. The SMILES string of the molecule is CC(=O)N=C1S[C@@H]2CS(=O)(=O)C[C@@H]2N1Cc1ccccc1Cl. The number of amidine groups is 1. The van der Waals surface area contributed by atoms with Gasteiger partial charge in [0.1, 0.15) is 0 Å². The number of sulfone groups is 1. The maximum absolute atomic E-state index is 11.9. The minimum Gasteiger partial charge on any atom is -0.342 e. The number of amides is 1. The van der Waals surface area contributed by atoms with Gasteiger partial charge in [-0.3, -0.25) is 4.79 Å². The number of thioether (sulfide) groups is 1. The minimum absolute atomic E-state index is 0.0643. The Morgan fingerprint density at radius 2 is 2.14 bits per heavy atom. The highest BCUT2D eigenvalue weighted by molar-refractivity contribution is 8.15. The van der Waals surface area contributed by atoms with Crippen molar-refractivity contribution in [3.63, 3.8) is 0 Å². The molecule has 0 N–H and O–H groups in total. The standard InChI is InChI=1S/C14H15ClN2O3S2/c1-9(18)16-14-17(6-10-4-2-3-5-11(10)15)12-7-22(19,20)8-13(12)21-14/h2-5,12-13H,6-8H2,1H3/t12-,13+/m0/s1. The molecule has 1 aromatic carbocycles. The third-order valence-electron chi connectivity index (χ3n) is 3.73. The first kappa shape index (κ1) is 15.8. The van der Waals surface area contributed by atoms with Crippen molar-refractivity contribution in [2.24, 2.45) is 4.99 Å². The lowest BCUT2D eigenvalue weighted by atomic mass is 10.1. The van der Waals surface area contributed by atoms with E-state index in [1.165, 1.54) is 18.7 Å². The van der Waals surface area contributed by atoms with E-state index in [4.69, 9.17) is 11.6 Å². The molecule has 0 bridgehead atoms. The predicted molar refractivity (Wildman–Crippen MR) is 88.9 cm³/mol. The van der Waals surface area contributed by atoms with Crippen LogP contribution >= 0.6 is 23.4 Å². The van der Waals surface area contributed by atoms with Crippen molar-refractivity contribution < 1.29 is 13.2 Å². The Morgan fingerprint density at radius 3 is 2.82 bits per heavy atom. The zero-order valence-corrected chi connectivity index (χ0v) is 14.3. The van der Waals surface area contributed by atoms with E-state index < -0.39 is 9.84 Å². The van der Waals surface area contributed by atoms with Crippen LogP contribution in [0.4, 0.5) is 0 Å². The third-order valence-corrected chi connectivity index (χ3v) is 7.34. The van der Waals surface area contributed by atoms with Gasteiger partial charge < -0.3 is 4.90 Å². The number of rotatable bonds is 2. The fourth-order valence-corrected chi connectivity index (χ4v) is 6.96. The fourth-order valence-electron chi connectivity index (χ4n) is 2.77. The lowest BCUT2D eigenvalue weighted by Crippen LogP contribution is -2.37. The van der Waals surface area contributed by atoms with Crippen LogP contribution in [0.2, 0.25) is 5.02 Å². The molecule has 1 amide bonds. The summed E-state index contributed by atoms with van der Waals surface area (Å²) in [6, 6.07) is 7.27. The molecule has 5 nitrogen and oxygen atoms in total. The summed E-state index contributed by atoms with van der Waals surface area (Å²) in [4.78, 5) is 17.3. The van der Waals surface area contributed by atoms with Crippen LogP contribution in [-0.2, 0) is 21.2 Å². The van der Waals surface area contributed by atoms with Gasteiger partial charge in [-0.2, -0.15) is 4.99 Å². The maximum Gasteiger partial charge on any atom is 0.244 e. The molecule has 0 saturated carbocycles. The summed E-state index contributed by atoms with van der Waals surface area (Å²) >= 11 is 7.57. The Kier molecular flexibility index (Phi) is 4.22. The summed E-state index contributed by atoms with van der Waals surface area (Å²) in [6.07, 6.45) is 0. The molecular weight excluding hydrogens is 344 g/mol. The number of benzene rings is 1. The molecule has 1 aromatic rings. The molecule has 0 spiro atoms. The second kappa shape index (κ2) is 5.86. The molecule has 0 unspecified atom stereocenters. The van der Waals surface area contributed by atoms with Gasteiger partial charge in [-0.05, 0) is 11.6 Å². The van der Waals surface area contributed by atoms with Gasteiger partial charge in [-0.15, -0.1) is 0 Å². The normalized spacial score (nSPS) is 28.1. The Bertz CT molecular complexity index is 748. The van der Waals surface area contributed by atoms with Crippen LogP contribution in [0.5, 0.6) is 0 Å². The number of aliphatic imine (C=N–C) groups is 1. The highest BCUT2D eigenvalue weighted by atomic mass is 35.5. The Morgan fingerprint density at radius 1 is 1.41 bits per heavy atom. The molecule has 2 heterocycles. The Labute approximate surface area is 138 Å². The molecule has 3 rings (SSSR count). The number of nitrogens with zero attached hydrogens (tertiary/aromatic N) is 2. The topological polar surface area (TPSA) is 66.8 Å². The molecule has 2 aliphatic heterocycles. The number of hydrogen-bond acceptors (Lipinski definition) is 4. The minimum atomic E-state index is -3.03. The molecule has 0 aromatic heterocycles. The van der Waals surface area contributed by atoms with E-state index in [2.05, 4.69) is 4.99 Å². The molecule has 8 heteroatoms. The van der Waals surface area contributed by atoms with Gasteiger partial charge in [0.15, 0.2) is 15.0 Å². The number of fused-ring (bicyclic) bond motifs is 1. The smallest absolute Gasteiger partial charge is 0.244 e. The van der Waals surface area contributed by atoms with Gasteiger partial charge in [-0.25, -0.2) is 8.42 Å². The summed E-state index contributed by atoms with van der Waals surface area (Å²) in [5, 5.41) is 1.15. The van der Waals surface area contributed by atoms with Crippen LogP contribution in [0.1, 0.15) is 12.5 Å². The van der Waals surface area contributed by atoms with E-state index in [1.54, 1.807) is 6.07 Å². The summed E-state index contributed by atoms with van der Waals surface area (Å²) in [6.45, 7) is 1.85. The highest BCUT2D eigenvalue weighted by Gasteiger charge is 2.48. The van der Waals surface area contributed by atoms with Crippen LogP contribution < -0.4 is 0 Å². The van der Waals surface area contributed by atoms with Crippen molar-refractivity contribution in [2.75, 3.05) is 11.5 Å². The molecular formula is C14H15ClN2O3S2. The number of halogens is 1. The van der Waals surface area contributed by atoms with E-state index in [1.807, 2.05) is 23.1 Å². The molecule has 2 aliphatic rings. The van der Waals surface area contributed by atoms with E-state index in [9.17, 15) is 13.2 Å². The maximum atomic E-state index is 11.9. The van der Waals surface area contributed by atoms with Crippen molar-refractivity contribution >= 4 is 44.3 Å². The summed E-state index contributed by atoms with van der Waals surface area (Å²) in [5.74, 6) is -0.0425. The van der Waals surface area contributed by atoms with E-state index in [-0.39, 0.29) is 28.7 Å². The van der Waals surface area contributed by atoms with E-state index >= 15 is 0 Å². The predicted octanol–water partition coefficient (Wildman–Crippen LogP) is 1.96. The van der Waals surface area contributed by atoms with E-state index in [0.717, 1.165) is 5.56 Å². The molecule has 118 valence electrons. The van der Waals surface area contributed by atoms with Crippen LogP contribution in [0, 0.1) is 0 Å². The quantitative estimate of drug-likeness (QED) is 0.808. The third kappa shape index (κ3) is 3.16. The van der Waals surface area contributed by atoms with Crippen LogP contribution in [0.25, 0.3) is 0 Å². The fraction of sp³-hybridized carbons (Fsp3) is 0.429. The Balaban J connectivity index is 1.93. The molecule has 0 radical (unpaired) electrons. The average molecular weight is 359 g/mol. The highest BCUT2D eigenvalue weighted by Crippen LogP contribution is 2.39. The second-order valence-electron chi connectivity index (χ2n) is 5.43. The first-order valence-corrected chi connectivity index (χ1v) is 9.90. The number of hydrogen-bond donors (Lipinski definition) is 0. The second-order valence-corrected chi connectivity index (χ2v) is 9.20. The van der Waals surface area contributed by atoms with E-state index in [0.29, 0.717) is 16.7 Å². The molecule has 0 aliphatic carbocycles. The molecule has 2 fully saturated rings. The van der Waals surface area contributed by atoms with Crippen LogP contribution in [0.15, 0.2) is 29.3 Å². The van der Waals surface area contributed by atoms with Gasteiger partial charge in [-0.1, -0.05) is 41.6 Å². The van der Waals surface area contributed by atoms with Gasteiger partial charge in [0.2, 0.25) is 5.91 Å². The van der Waals surface area contributed by atoms with Crippen LogP contribution in [0.3, 0.4) is 0 Å². The molecule has 22 heavy (non-hydrogen) atoms. The van der Waals surface area contributed by atoms with Gasteiger partial charge >= 0.3 is 0 Å². The lowest BCUT2D eigenvalue weighted by molar-refractivity contribution is -0.115.